The molecule has 146 valence electrons. The first-order valence-corrected chi connectivity index (χ1v) is 9.90. The van der Waals surface area contributed by atoms with Gasteiger partial charge >= 0.3 is 6.03 Å². The van der Waals surface area contributed by atoms with Gasteiger partial charge in [0.05, 0.1) is 6.04 Å². The third-order valence-electron chi connectivity index (χ3n) is 5.50. The Morgan fingerprint density at radius 3 is 2.44 bits per heavy atom. The maximum absolute atomic E-state index is 12.8. The van der Waals surface area contributed by atoms with Gasteiger partial charge in [0.15, 0.2) is 0 Å². The lowest BCUT2D eigenvalue weighted by Gasteiger charge is -2.30. The highest BCUT2D eigenvalue weighted by atomic mass is 16.2. The van der Waals surface area contributed by atoms with Gasteiger partial charge in [-0.1, -0.05) is 63.4 Å². The Morgan fingerprint density at radius 2 is 1.81 bits per heavy atom. The van der Waals surface area contributed by atoms with Crippen LogP contribution < -0.4 is 10.6 Å². The molecule has 1 aromatic carbocycles. The summed E-state index contributed by atoms with van der Waals surface area (Å²) >= 11 is 0. The zero-order chi connectivity index (χ0) is 19.4. The lowest BCUT2D eigenvalue weighted by Crippen LogP contribution is -2.49. The fourth-order valence-electron chi connectivity index (χ4n) is 4.13. The molecule has 0 unspecified atom stereocenters. The molecule has 1 spiro atoms. The quantitative estimate of drug-likeness (QED) is 0.754. The summed E-state index contributed by atoms with van der Waals surface area (Å²) in [5.41, 5.74) is 0.243. The Kier molecular flexibility index (Phi) is 5.82. The summed E-state index contributed by atoms with van der Waals surface area (Å²) in [5, 5.41) is 5.86. The van der Waals surface area contributed by atoms with Crippen molar-refractivity contribution in [2.45, 2.75) is 64.0 Å². The van der Waals surface area contributed by atoms with Crippen LogP contribution in [0.25, 0.3) is 0 Å². The van der Waals surface area contributed by atoms with Crippen molar-refractivity contribution in [3.05, 3.63) is 35.9 Å². The summed E-state index contributed by atoms with van der Waals surface area (Å²) < 4.78 is 0. The number of carbonyl (C=O) groups is 3. The Labute approximate surface area is 160 Å². The van der Waals surface area contributed by atoms with Crippen LogP contribution in [-0.4, -0.2) is 34.8 Å². The fraction of sp³-hybridized carbons (Fsp3) is 0.571. The number of carbonyl (C=O) groups excluding carboxylic acids is 3. The van der Waals surface area contributed by atoms with Gasteiger partial charge in [-0.3, -0.25) is 14.5 Å². The molecule has 4 amide bonds. The van der Waals surface area contributed by atoms with Gasteiger partial charge in [-0.25, -0.2) is 4.79 Å². The number of amides is 4. The van der Waals surface area contributed by atoms with Crippen molar-refractivity contribution in [2.24, 2.45) is 5.92 Å². The molecular weight excluding hydrogens is 342 g/mol. The second kappa shape index (κ2) is 8.11. The van der Waals surface area contributed by atoms with Gasteiger partial charge < -0.3 is 10.6 Å². The van der Waals surface area contributed by atoms with Gasteiger partial charge in [0.25, 0.3) is 5.91 Å². The van der Waals surface area contributed by atoms with Crippen LogP contribution in [0, 0.1) is 5.92 Å². The number of nitrogens with one attached hydrogen (secondary N) is 2. The van der Waals surface area contributed by atoms with Crippen LogP contribution in [0.2, 0.25) is 0 Å². The number of benzene rings is 1. The highest BCUT2D eigenvalue weighted by Crippen LogP contribution is 2.33. The van der Waals surface area contributed by atoms with Crippen molar-refractivity contribution in [2.75, 3.05) is 6.54 Å². The molecule has 27 heavy (non-hydrogen) atoms. The van der Waals surface area contributed by atoms with Crippen molar-refractivity contribution in [1.29, 1.82) is 0 Å². The van der Waals surface area contributed by atoms with Gasteiger partial charge in [0.1, 0.15) is 12.1 Å². The topological polar surface area (TPSA) is 78.5 Å². The van der Waals surface area contributed by atoms with Crippen molar-refractivity contribution in [1.82, 2.24) is 15.5 Å². The monoisotopic (exact) mass is 371 g/mol. The maximum atomic E-state index is 12.8. The smallest absolute Gasteiger partial charge is 0.325 e. The van der Waals surface area contributed by atoms with E-state index in [9.17, 15) is 14.4 Å². The molecular formula is C21H29N3O3. The van der Waals surface area contributed by atoms with Crippen LogP contribution in [0.3, 0.4) is 0 Å². The Morgan fingerprint density at radius 1 is 1.15 bits per heavy atom. The molecule has 3 rings (SSSR count). The van der Waals surface area contributed by atoms with E-state index in [-0.39, 0.29) is 24.4 Å². The largest absolute Gasteiger partial charge is 0.348 e. The molecule has 6 nitrogen and oxygen atoms in total. The minimum atomic E-state index is -0.785. The van der Waals surface area contributed by atoms with E-state index in [0.717, 1.165) is 36.1 Å². The maximum Gasteiger partial charge on any atom is 0.325 e. The Balaban J connectivity index is 1.67. The fourth-order valence-corrected chi connectivity index (χ4v) is 4.13. The van der Waals surface area contributed by atoms with E-state index in [0.29, 0.717) is 18.8 Å². The van der Waals surface area contributed by atoms with Gasteiger partial charge in [0.2, 0.25) is 5.91 Å². The van der Waals surface area contributed by atoms with E-state index < -0.39 is 11.6 Å². The molecule has 2 fully saturated rings. The molecule has 0 radical (unpaired) electrons. The molecule has 1 atom stereocenters. The van der Waals surface area contributed by atoms with Gasteiger partial charge in [0, 0.05) is 0 Å². The standard InChI is InChI=1S/C21H29N3O3/c1-15(2)13-17(16-9-5-3-6-10-16)22-18(25)14-24-19(26)21(23-20(24)27)11-7-4-8-12-21/h3,5-6,9-10,15,17H,4,7-8,11-14H2,1-2H3,(H,22,25)(H,23,27)/t17-/m1/s1. The molecule has 1 aromatic rings. The van der Waals surface area contributed by atoms with E-state index in [1.807, 2.05) is 30.3 Å². The molecule has 1 aliphatic heterocycles. The van der Waals surface area contributed by atoms with Gasteiger partial charge in [-0.15, -0.1) is 0 Å². The minimum Gasteiger partial charge on any atom is -0.348 e. The molecule has 1 heterocycles. The van der Waals surface area contributed by atoms with Crippen LogP contribution in [0.5, 0.6) is 0 Å². The number of urea groups is 1. The Hall–Kier alpha value is -2.37. The molecule has 1 saturated carbocycles. The minimum absolute atomic E-state index is 0.136. The summed E-state index contributed by atoms with van der Waals surface area (Å²) in [6, 6.07) is 9.21. The number of imide groups is 1. The number of hydrogen-bond donors (Lipinski definition) is 2. The Bertz CT molecular complexity index is 696. The number of hydrogen-bond acceptors (Lipinski definition) is 3. The predicted octanol–water partition coefficient (Wildman–Crippen LogP) is 3.14. The van der Waals surface area contributed by atoms with Crippen LogP contribution in [0.4, 0.5) is 4.79 Å². The lowest BCUT2D eigenvalue weighted by atomic mass is 9.82. The third-order valence-corrected chi connectivity index (χ3v) is 5.50. The summed E-state index contributed by atoms with van der Waals surface area (Å²) in [5.74, 6) is -0.152. The molecule has 1 aliphatic carbocycles. The molecule has 2 aliphatic rings. The molecule has 0 aromatic heterocycles. The van der Waals surface area contributed by atoms with Crippen molar-refractivity contribution in [3.8, 4) is 0 Å². The summed E-state index contributed by atoms with van der Waals surface area (Å²) in [6.45, 7) is 3.98. The van der Waals surface area contributed by atoms with Crippen LogP contribution >= 0.6 is 0 Å². The van der Waals surface area contributed by atoms with Crippen LogP contribution in [0.1, 0.15) is 64.0 Å². The summed E-state index contributed by atoms with van der Waals surface area (Å²) in [4.78, 5) is 38.9. The van der Waals surface area contributed by atoms with Crippen molar-refractivity contribution < 1.29 is 14.4 Å². The average Bonchev–Trinajstić information content (AvgIpc) is 2.86. The summed E-state index contributed by atoms with van der Waals surface area (Å²) in [6.07, 6.45) is 5.05. The van der Waals surface area contributed by atoms with E-state index in [1.165, 1.54) is 0 Å². The van der Waals surface area contributed by atoms with E-state index in [4.69, 9.17) is 0 Å². The zero-order valence-electron chi connectivity index (χ0n) is 16.2. The van der Waals surface area contributed by atoms with Crippen molar-refractivity contribution in [3.63, 3.8) is 0 Å². The summed E-state index contributed by atoms with van der Waals surface area (Å²) in [7, 11) is 0. The van der Waals surface area contributed by atoms with E-state index in [1.54, 1.807) is 0 Å². The van der Waals surface area contributed by atoms with Crippen molar-refractivity contribution >= 4 is 17.8 Å². The molecule has 2 N–H and O–H groups in total. The highest BCUT2D eigenvalue weighted by molar-refractivity contribution is 6.09. The molecule has 1 saturated heterocycles. The third kappa shape index (κ3) is 4.31. The second-order valence-electron chi connectivity index (χ2n) is 8.12. The predicted molar refractivity (Wildman–Crippen MR) is 103 cm³/mol. The normalized spacial score (nSPS) is 20.0. The molecule has 6 heteroatoms. The van der Waals surface area contributed by atoms with Crippen LogP contribution in [0.15, 0.2) is 30.3 Å². The first-order chi connectivity index (χ1) is 12.9. The zero-order valence-corrected chi connectivity index (χ0v) is 16.2. The van der Waals surface area contributed by atoms with Gasteiger partial charge in [-0.05, 0) is 30.7 Å². The lowest BCUT2D eigenvalue weighted by molar-refractivity contribution is -0.136. The first kappa shape index (κ1) is 19.4. The second-order valence-corrected chi connectivity index (χ2v) is 8.12. The highest BCUT2D eigenvalue weighted by Gasteiger charge is 2.51. The number of rotatable bonds is 6. The van der Waals surface area contributed by atoms with Crippen LogP contribution in [-0.2, 0) is 9.59 Å². The van der Waals surface area contributed by atoms with E-state index in [2.05, 4.69) is 24.5 Å². The number of nitrogens with zero attached hydrogens (tertiary/aromatic N) is 1. The van der Waals surface area contributed by atoms with E-state index >= 15 is 0 Å². The molecule has 0 bridgehead atoms. The van der Waals surface area contributed by atoms with Gasteiger partial charge in [-0.2, -0.15) is 0 Å². The average molecular weight is 371 g/mol. The SMILES string of the molecule is CC(C)C[C@@H](NC(=O)CN1C(=O)NC2(CCCCC2)C1=O)c1ccccc1. The first-order valence-electron chi connectivity index (χ1n) is 9.90.